The van der Waals surface area contributed by atoms with Crippen LogP contribution in [-0.4, -0.2) is 42.1 Å². The van der Waals surface area contributed by atoms with Crippen LogP contribution >= 0.6 is 34.5 Å². The Morgan fingerprint density at radius 1 is 1.20 bits per heavy atom. The number of nitrogens with zero attached hydrogens (tertiary/aromatic N) is 3. The van der Waals surface area contributed by atoms with E-state index in [0.29, 0.717) is 16.1 Å². The molecule has 2 aromatic rings. The molecule has 0 spiro atoms. The van der Waals surface area contributed by atoms with Crippen molar-refractivity contribution in [3.63, 3.8) is 0 Å². The third-order valence-electron chi connectivity index (χ3n) is 6.67. The molecular weight excluding hydrogens is 435 g/mol. The van der Waals surface area contributed by atoms with E-state index in [9.17, 15) is 0 Å². The Kier molecular flexibility index (Phi) is 7.45. The topological polar surface area (TPSA) is 45.4 Å². The number of rotatable bonds is 7. The summed E-state index contributed by atoms with van der Waals surface area (Å²) in [6, 6.07) is 6.57. The number of piperidine rings is 1. The van der Waals surface area contributed by atoms with Crippen molar-refractivity contribution < 1.29 is 0 Å². The van der Waals surface area contributed by atoms with Gasteiger partial charge in [0.1, 0.15) is 0 Å². The first kappa shape index (κ1) is 22.2. The molecule has 30 heavy (non-hydrogen) atoms. The van der Waals surface area contributed by atoms with Crippen LogP contribution < -0.4 is 10.6 Å². The van der Waals surface area contributed by atoms with Crippen molar-refractivity contribution in [3.05, 3.63) is 38.8 Å². The van der Waals surface area contributed by atoms with Crippen molar-refractivity contribution in [1.82, 2.24) is 9.88 Å². The lowest BCUT2D eigenvalue weighted by molar-refractivity contribution is 0.164. The van der Waals surface area contributed by atoms with E-state index >= 15 is 0 Å². The van der Waals surface area contributed by atoms with Gasteiger partial charge in [-0.3, -0.25) is 0 Å². The summed E-state index contributed by atoms with van der Waals surface area (Å²) in [5.41, 5.74) is 8.27. The molecule has 1 fully saturated rings. The number of hydrogen-bond acceptors (Lipinski definition) is 5. The highest BCUT2D eigenvalue weighted by Gasteiger charge is 2.28. The van der Waals surface area contributed by atoms with Gasteiger partial charge in [-0.1, -0.05) is 36.2 Å². The van der Waals surface area contributed by atoms with E-state index < -0.39 is 0 Å². The summed E-state index contributed by atoms with van der Waals surface area (Å²) in [4.78, 5) is 11.1. The molecule has 1 aromatic carbocycles. The van der Waals surface area contributed by atoms with Crippen LogP contribution in [0.3, 0.4) is 0 Å². The van der Waals surface area contributed by atoms with Crippen LogP contribution in [0.1, 0.15) is 49.6 Å². The summed E-state index contributed by atoms with van der Waals surface area (Å²) in [6.45, 7) is 6.80. The van der Waals surface area contributed by atoms with Crippen LogP contribution in [0.2, 0.25) is 10.0 Å². The molecule has 1 aromatic heterocycles. The number of aryl methyl sites for hydroxylation is 1. The highest BCUT2D eigenvalue weighted by molar-refractivity contribution is 7.15. The molecule has 0 radical (unpaired) electrons. The lowest BCUT2D eigenvalue weighted by Gasteiger charge is -2.37. The lowest BCUT2D eigenvalue weighted by atomic mass is 9.91. The zero-order valence-corrected chi connectivity index (χ0v) is 20.1. The Morgan fingerprint density at radius 3 is 2.77 bits per heavy atom. The molecule has 1 aliphatic heterocycles. The van der Waals surface area contributed by atoms with Gasteiger partial charge in [0.05, 0.1) is 21.4 Å². The minimum Gasteiger partial charge on any atom is -0.375 e. The first-order valence-corrected chi connectivity index (χ1v) is 12.8. The van der Waals surface area contributed by atoms with E-state index in [0.717, 1.165) is 42.7 Å². The Morgan fingerprint density at radius 2 is 2.00 bits per heavy atom. The third kappa shape index (κ3) is 5.07. The molecule has 0 unspecified atom stereocenters. The van der Waals surface area contributed by atoms with Gasteiger partial charge in [0.25, 0.3) is 0 Å². The first-order valence-electron chi connectivity index (χ1n) is 11.2. The Bertz CT molecular complexity index is 848. The standard InChI is InChI=1S/C23H32Cl2N4S/c1-2-11-28(17-6-7-19-21(15-17)30-23(26)27-19)12-8-16-9-13-29(14-10-16)20-5-3-4-18(24)22(20)25/h3-5,16-17H,2,6-15H2,1H3,(H2,26,27)/t17-/m0/s1. The normalized spacial score (nSPS) is 20.0. The summed E-state index contributed by atoms with van der Waals surface area (Å²) in [5, 5.41) is 2.06. The molecule has 4 rings (SSSR count). The minimum atomic E-state index is 0.641. The maximum absolute atomic E-state index is 6.43. The molecule has 1 saturated heterocycles. The van der Waals surface area contributed by atoms with E-state index in [4.69, 9.17) is 28.9 Å². The second-order valence-corrected chi connectivity index (χ2v) is 10.5. The summed E-state index contributed by atoms with van der Waals surface area (Å²) in [6.07, 6.45) is 8.35. The van der Waals surface area contributed by atoms with Crippen LogP contribution in [0.25, 0.3) is 0 Å². The molecule has 7 heteroatoms. The number of fused-ring (bicyclic) bond motifs is 1. The number of aromatic nitrogens is 1. The molecule has 0 bridgehead atoms. The second-order valence-electron chi connectivity index (χ2n) is 8.65. The molecular formula is C23H32Cl2N4S. The zero-order chi connectivity index (χ0) is 21.1. The van der Waals surface area contributed by atoms with Gasteiger partial charge in [-0.05, 0) is 76.1 Å². The summed E-state index contributed by atoms with van der Waals surface area (Å²) in [7, 11) is 0. The van der Waals surface area contributed by atoms with Crippen molar-refractivity contribution in [2.75, 3.05) is 36.8 Å². The van der Waals surface area contributed by atoms with Gasteiger partial charge in [0.15, 0.2) is 5.13 Å². The average Bonchev–Trinajstić information content (AvgIpc) is 3.13. The van der Waals surface area contributed by atoms with Crippen LogP contribution in [0, 0.1) is 5.92 Å². The minimum absolute atomic E-state index is 0.641. The summed E-state index contributed by atoms with van der Waals surface area (Å²) >= 11 is 14.3. The van der Waals surface area contributed by atoms with Crippen LogP contribution in [-0.2, 0) is 12.8 Å². The van der Waals surface area contributed by atoms with Crippen molar-refractivity contribution in [3.8, 4) is 0 Å². The van der Waals surface area contributed by atoms with Gasteiger partial charge in [-0.25, -0.2) is 4.98 Å². The zero-order valence-electron chi connectivity index (χ0n) is 17.7. The maximum atomic E-state index is 6.43. The number of benzene rings is 1. The molecule has 4 nitrogen and oxygen atoms in total. The average molecular weight is 468 g/mol. The number of halogens is 2. The second kappa shape index (κ2) is 10.1. The molecule has 2 aliphatic rings. The number of hydrogen-bond donors (Lipinski definition) is 1. The fourth-order valence-electron chi connectivity index (χ4n) is 5.00. The van der Waals surface area contributed by atoms with Gasteiger partial charge >= 0.3 is 0 Å². The van der Waals surface area contributed by atoms with Crippen molar-refractivity contribution in [2.24, 2.45) is 5.92 Å². The number of nitrogens with two attached hydrogens (primary N) is 1. The first-order chi connectivity index (χ1) is 14.5. The van der Waals surface area contributed by atoms with Crippen molar-refractivity contribution >= 4 is 45.4 Å². The SMILES string of the molecule is CCCN(CCC1CCN(c2cccc(Cl)c2Cl)CC1)[C@H]1CCc2nc(N)sc2C1. The molecule has 164 valence electrons. The fraction of sp³-hybridized carbons (Fsp3) is 0.609. The van der Waals surface area contributed by atoms with E-state index in [1.54, 1.807) is 11.3 Å². The van der Waals surface area contributed by atoms with Gasteiger partial charge in [-0.15, -0.1) is 11.3 Å². The number of thiazole rings is 1. The van der Waals surface area contributed by atoms with Gasteiger partial charge < -0.3 is 15.5 Å². The largest absolute Gasteiger partial charge is 0.375 e. The Labute approximate surface area is 194 Å². The lowest BCUT2D eigenvalue weighted by Crippen LogP contribution is -2.41. The highest BCUT2D eigenvalue weighted by atomic mass is 35.5. The van der Waals surface area contributed by atoms with E-state index in [1.807, 2.05) is 12.1 Å². The van der Waals surface area contributed by atoms with Crippen LogP contribution in [0.15, 0.2) is 18.2 Å². The highest BCUT2D eigenvalue weighted by Crippen LogP contribution is 2.35. The number of anilines is 2. The fourth-order valence-corrected chi connectivity index (χ4v) is 6.37. The van der Waals surface area contributed by atoms with E-state index in [-0.39, 0.29) is 0 Å². The predicted molar refractivity (Wildman–Crippen MR) is 130 cm³/mol. The third-order valence-corrected chi connectivity index (χ3v) is 8.43. The molecule has 2 N–H and O–H groups in total. The smallest absolute Gasteiger partial charge is 0.180 e. The predicted octanol–water partition coefficient (Wildman–Crippen LogP) is 5.91. The van der Waals surface area contributed by atoms with Crippen LogP contribution in [0.5, 0.6) is 0 Å². The van der Waals surface area contributed by atoms with Gasteiger partial charge in [0.2, 0.25) is 0 Å². The summed E-state index contributed by atoms with van der Waals surface area (Å²) in [5.74, 6) is 0.789. The van der Waals surface area contributed by atoms with E-state index in [1.165, 1.54) is 55.8 Å². The summed E-state index contributed by atoms with van der Waals surface area (Å²) < 4.78 is 0. The van der Waals surface area contributed by atoms with Crippen LogP contribution in [0.4, 0.5) is 10.8 Å². The molecule has 2 heterocycles. The molecule has 1 aliphatic carbocycles. The van der Waals surface area contributed by atoms with E-state index in [2.05, 4.69) is 27.8 Å². The quantitative estimate of drug-likeness (QED) is 0.550. The molecule has 0 amide bonds. The number of nitrogen functional groups attached to an aromatic ring is 1. The molecule has 1 atom stereocenters. The van der Waals surface area contributed by atoms with Gasteiger partial charge in [0, 0.05) is 24.0 Å². The maximum Gasteiger partial charge on any atom is 0.180 e. The monoisotopic (exact) mass is 466 g/mol. The Balaban J connectivity index is 1.29. The molecule has 0 saturated carbocycles. The van der Waals surface area contributed by atoms with Crippen molar-refractivity contribution in [2.45, 2.75) is 57.9 Å². The van der Waals surface area contributed by atoms with Crippen molar-refractivity contribution in [1.29, 1.82) is 0 Å². The Hall–Kier alpha value is -1.01. The van der Waals surface area contributed by atoms with Gasteiger partial charge in [-0.2, -0.15) is 0 Å².